The van der Waals surface area contributed by atoms with Crippen LogP contribution in [0.5, 0.6) is 5.75 Å². The highest BCUT2D eigenvalue weighted by atomic mass is 16.6. The largest absolute Gasteiger partial charge is 0.485 e. The van der Waals surface area contributed by atoms with E-state index in [1.54, 1.807) is 25.5 Å². The molecule has 13 heteroatoms. The molecule has 0 spiro atoms. The third-order valence-corrected chi connectivity index (χ3v) is 9.49. The Morgan fingerprint density at radius 3 is 2.39 bits per heavy atom. The number of rotatable bonds is 16. The Morgan fingerprint density at radius 2 is 1.71 bits per heavy atom. The second-order valence-corrected chi connectivity index (χ2v) is 15.4. The highest BCUT2D eigenvalue weighted by Crippen LogP contribution is 2.46. The lowest BCUT2D eigenvalue weighted by Gasteiger charge is -2.27. The molecule has 1 fully saturated rings. The Bertz CT molecular complexity index is 2020. The smallest absolute Gasteiger partial charge is 0.416 e. The fourth-order valence-corrected chi connectivity index (χ4v) is 6.46. The number of ether oxygens (including phenoxy) is 3. The van der Waals surface area contributed by atoms with Crippen molar-refractivity contribution in [1.82, 2.24) is 25.4 Å². The first-order chi connectivity index (χ1) is 26.6. The number of aryl methyl sites for hydroxylation is 2. The molecule has 0 radical (unpaired) electrons. The summed E-state index contributed by atoms with van der Waals surface area (Å²) >= 11 is 0. The van der Waals surface area contributed by atoms with Crippen LogP contribution < -0.4 is 20.3 Å². The molecule has 2 aromatic carbocycles. The molecule has 13 nitrogen and oxygen atoms in total. The second kappa shape index (κ2) is 18.3. The van der Waals surface area contributed by atoms with Gasteiger partial charge in [0.05, 0.1) is 37.5 Å². The van der Waals surface area contributed by atoms with Crippen LogP contribution in [0.1, 0.15) is 99.1 Å². The number of hydrogen-bond acceptors (Lipinski definition) is 9. The summed E-state index contributed by atoms with van der Waals surface area (Å²) in [5, 5.41) is 10.3. The Kier molecular flexibility index (Phi) is 13.5. The molecule has 3 amide bonds. The van der Waals surface area contributed by atoms with Crippen molar-refractivity contribution in [3.63, 3.8) is 0 Å². The van der Waals surface area contributed by atoms with Gasteiger partial charge in [0.15, 0.2) is 5.75 Å². The molecule has 3 atom stereocenters. The van der Waals surface area contributed by atoms with Gasteiger partial charge < -0.3 is 24.8 Å². The average Bonchev–Trinajstić information content (AvgIpc) is 3.82. The molecule has 1 aliphatic rings. The summed E-state index contributed by atoms with van der Waals surface area (Å²) in [5.41, 5.74) is 5.15. The van der Waals surface area contributed by atoms with Gasteiger partial charge in [-0.1, -0.05) is 49.4 Å². The normalized spacial score (nSPS) is 15.4. The third-order valence-electron chi connectivity index (χ3n) is 9.49. The van der Waals surface area contributed by atoms with Crippen LogP contribution in [-0.2, 0) is 30.5 Å². The average molecular weight is 767 g/mol. The number of benzene rings is 2. The van der Waals surface area contributed by atoms with E-state index in [2.05, 4.69) is 23.6 Å². The molecule has 2 heterocycles. The number of anilines is 1. The fourth-order valence-electron chi connectivity index (χ4n) is 6.46. The number of pyridine rings is 1. The molecule has 0 saturated heterocycles. The van der Waals surface area contributed by atoms with Crippen molar-refractivity contribution in [3.05, 3.63) is 101 Å². The van der Waals surface area contributed by atoms with Gasteiger partial charge in [-0.25, -0.2) is 14.5 Å². The van der Waals surface area contributed by atoms with Crippen LogP contribution in [0.15, 0.2) is 66.7 Å². The number of methoxy groups -OCH3 is 1. The van der Waals surface area contributed by atoms with E-state index >= 15 is 0 Å². The zero-order chi connectivity index (χ0) is 40.6. The van der Waals surface area contributed by atoms with E-state index in [4.69, 9.17) is 24.3 Å². The second-order valence-electron chi connectivity index (χ2n) is 15.4. The van der Waals surface area contributed by atoms with Gasteiger partial charge in [-0.3, -0.25) is 19.3 Å². The molecule has 0 bridgehead atoms. The summed E-state index contributed by atoms with van der Waals surface area (Å²) in [5.74, 6) is 0.718. The third kappa shape index (κ3) is 11.4. The molecule has 1 unspecified atom stereocenters. The lowest BCUT2D eigenvalue weighted by atomic mass is 10.0. The number of hydrogen-bond donors (Lipinski definition) is 2. The summed E-state index contributed by atoms with van der Waals surface area (Å²) in [4.78, 5) is 58.2. The van der Waals surface area contributed by atoms with E-state index in [1.807, 2.05) is 81.4 Å². The van der Waals surface area contributed by atoms with Crippen LogP contribution in [-0.4, -0.2) is 64.4 Å². The molecular formula is C43H54N6O7. The fraction of sp³-hybridized carbons (Fsp3) is 0.442. The highest BCUT2D eigenvalue weighted by Gasteiger charge is 2.36. The predicted molar refractivity (Wildman–Crippen MR) is 213 cm³/mol. The molecule has 0 aliphatic heterocycles. The van der Waals surface area contributed by atoms with Gasteiger partial charge in [-0.15, -0.1) is 0 Å². The topological polar surface area (TPSA) is 154 Å². The standard InChI is InChI=1S/C43H54N6O7/c1-27-20-36(34-22-28(34)2)45-37(21-27)48(42(53)56-43(5,6)7)19-13-18-38(50)44-25-39(51)46-35(24-40(52)54-8)32-16-12-17-33(23-32)49-30(4)41(29(3)47-49)55-26-31-14-10-9-11-15-31/h9-12,14-17,20-21,23,28,34-35H,13,18-19,22,24-26H2,1-8H3,(H,44,50)(H,46,51)/t28?,34-,35-/m0/s1. The van der Waals surface area contributed by atoms with Gasteiger partial charge in [0.2, 0.25) is 11.8 Å². The number of nitrogens with one attached hydrogen (secondary N) is 2. The zero-order valence-electron chi connectivity index (χ0n) is 33.7. The van der Waals surface area contributed by atoms with Crippen LogP contribution in [0.25, 0.3) is 5.69 Å². The Labute approximate surface area is 329 Å². The van der Waals surface area contributed by atoms with Crippen molar-refractivity contribution in [2.24, 2.45) is 5.92 Å². The van der Waals surface area contributed by atoms with Gasteiger partial charge in [0.1, 0.15) is 23.7 Å². The first-order valence-corrected chi connectivity index (χ1v) is 19.1. The number of carbonyl (C=O) groups excluding carboxylic acids is 4. The lowest BCUT2D eigenvalue weighted by Crippen LogP contribution is -2.40. The Hall–Kier alpha value is -5.72. The number of aromatic nitrogens is 3. The monoisotopic (exact) mass is 766 g/mol. The number of amides is 3. The quantitative estimate of drug-likeness (QED) is 0.115. The van der Waals surface area contributed by atoms with Crippen LogP contribution >= 0.6 is 0 Å². The maximum absolute atomic E-state index is 13.3. The minimum absolute atomic E-state index is 0.0538. The number of carbonyl (C=O) groups is 4. The van der Waals surface area contributed by atoms with Crippen LogP contribution in [0.3, 0.4) is 0 Å². The number of esters is 1. The minimum Gasteiger partial charge on any atom is -0.485 e. The summed E-state index contributed by atoms with van der Waals surface area (Å²) in [7, 11) is 1.29. The molecule has 5 rings (SSSR count). The Morgan fingerprint density at radius 1 is 0.982 bits per heavy atom. The van der Waals surface area contributed by atoms with Crippen molar-refractivity contribution in [3.8, 4) is 11.4 Å². The van der Waals surface area contributed by atoms with Crippen LogP contribution in [0.4, 0.5) is 10.6 Å². The molecule has 4 aromatic rings. The first kappa shape index (κ1) is 41.4. The molecule has 1 aliphatic carbocycles. The summed E-state index contributed by atoms with van der Waals surface area (Å²) in [6.07, 6.45) is 0.750. The SMILES string of the molecule is COC(=O)C[C@H](NC(=O)CNC(=O)CCCN(C(=O)OC(C)(C)C)c1cc(C)cc([C@H]2CC2C)n1)c1cccc(-n2nc(C)c(OCc3ccccc3)c2C)c1. The van der Waals surface area contributed by atoms with Crippen molar-refractivity contribution in [1.29, 1.82) is 0 Å². The maximum atomic E-state index is 13.3. The number of nitrogens with zero attached hydrogens (tertiary/aromatic N) is 4. The van der Waals surface area contributed by atoms with E-state index in [1.165, 1.54) is 12.0 Å². The molecule has 2 aromatic heterocycles. The van der Waals surface area contributed by atoms with Crippen molar-refractivity contribution < 1.29 is 33.4 Å². The van der Waals surface area contributed by atoms with E-state index in [-0.39, 0.29) is 31.8 Å². The minimum atomic E-state index is -0.745. The lowest BCUT2D eigenvalue weighted by molar-refractivity contribution is -0.141. The highest BCUT2D eigenvalue weighted by molar-refractivity contribution is 5.87. The van der Waals surface area contributed by atoms with E-state index in [0.29, 0.717) is 42.0 Å². The molecule has 56 heavy (non-hydrogen) atoms. The van der Waals surface area contributed by atoms with Crippen LogP contribution in [0.2, 0.25) is 0 Å². The molecular weight excluding hydrogens is 713 g/mol. The van der Waals surface area contributed by atoms with Gasteiger partial charge in [0.25, 0.3) is 0 Å². The van der Waals surface area contributed by atoms with Gasteiger partial charge in [0, 0.05) is 24.6 Å². The van der Waals surface area contributed by atoms with Gasteiger partial charge in [-0.2, -0.15) is 5.10 Å². The van der Waals surface area contributed by atoms with E-state index < -0.39 is 29.6 Å². The van der Waals surface area contributed by atoms with E-state index in [9.17, 15) is 19.2 Å². The molecule has 298 valence electrons. The zero-order valence-corrected chi connectivity index (χ0v) is 33.7. The summed E-state index contributed by atoms with van der Waals surface area (Å²) in [6.45, 7) is 13.6. The van der Waals surface area contributed by atoms with Gasteiger partial charge in [-0.05, 0) is 101 Å². The molecule has 2 N–H and O–H groups in total. The predicted octanol–water partition coefficient (Wildman–Crippen LogP) is 6.95. The van der Waals surface area contributed by atoms with Crippen molar-refractivity contribution >= 4 is 29.7 Å². The van der Waals surface area contributed by atoms with Gasteiger partial charge >= 0.3 is 12.1 Å². The summed E-state index contributed by atoms with van der Waals surface area (Å²) < 4.78 is 18.5. The van der Waals surface area contributed by atoms with Crippen molar-refractivity contribution in [2.75, 3.05) is 25.1 Å². The van der Waals surface area contributed by atoms with E-state index in [0.717, 1.165) is 40.3 Å². The maximum Gasteiger partial charge on any atom is 0.416 e. The summed E-state index contributed by atoms with van der Waals surface area (Å²) in [6, 6.07) is 20.4. The van der Waals surface area contributed by atoms with Crippen LogP contribution in [0, 0.1) is 26.7 Å². The Balaban J connectivity index is 1.20. The first-order valence-electron chi connectivity index (χ1n) is 19.1. The van der Waals surface area contributed by atoms with Crippen molar-refractivity contribution in [2.45, 2.75) is 98.3 Å². The molecule has 1 saturated carbocycles.